The molecule has 0 aliphatic carbocycles. The largest absolute Gasteiger partial charge is 0.409 e. The molecule has 0 aromatic carbocycles. The lowest BCUT2D eigenvalue weighted by molar-refractivity contribution is -0.278. The first-order chi connectivity index (χ1) is 9.00. The number of hydrogen-bond acceptors (Lipinski definition) is 1. The Morgan fingerprint density at radius 2 is 1.45 bits per heavy atom. The zero-order chi connectivity index (χ0) is 16.1. The van der Waals surface area contributed by atoms with E-state index in [0.29, 0.717) is 4.90 Å². The number of nitrogens with zero attached hydrogens (tertiary/aromatic N) is 1. The van der Waals surface area contributed by atoms with Gasteiger partial charge in [-0.05, 0) is 12.8 Å². The first-order valence-corrected chi connectivity index (χ1v) is 6.53. The summed E-state index contributed by atoms with van der Waals surface area (Å²) in [5, 5.41) is 0. The minimum absolute atomic E-state index is 0.231. The van der Waals surface area contributed by atoms with Gasteiger partial charge in [-0.1, -0.05) is 13.8 Å². The molecule has 0 N–H and O–H groups in total. The van der Waals surface area contributed by atoms with Crippen molar-refractivity contribution in [3.05, 3.63) is 0 Å². The molecule has 0 heterocycles. The first kappa shape index (κ1) is 19.3. The van der Waals surface area contributed by atoms with Gasteiger partial charge < -0.3 is 4.90 Å². The van der Waals surface area contributed by atoms with Crippen LogP contribution >= 0.6 is 11.6 Å². The van der Waals surface area contributed by atoms with Gasteiger partial charge >= 0.3 is 12.4 Å². The van der Waals surface area contributed by atoms with Crippen LogP contribution < -0.4 is 0 Å². The highest BCUT2D eigenvalue weighted by molar-refractivity contribution is 6.18. The van der Waals surface area contributed by atoms with Gasteiger partial charge in [-0.3, -0.25) is 4.79 Å². The molecule has 0 bridgehead atoms. The smallest absolute Gasteiger partial charge is 0.338 e. The Kier molecular flexibility index (Phi) is 7.13. The summed E-state index contributed by atoms with van der Waals surface area (Å²) >= 11 is 5.38. The van der Waals surface area contributed by atoms with Gasteiger partial charge in [0.1, 0.15) is 0 Å². The van der Waals surface area contributed by atoms with E-state index in [9.17, 15) is 31.1 Å². The molecule has 0 aliphatic rings. The van der Waals surface area contributed by atoms with Crippen LogP contribution in [-0.2, 0) is 4.79 Å². The highest BCUT2D eigenvalue weighted by atomic mass is 35.5. The Morgan fingerprint density at radius 1 is 1.05 bits per heavy atom. The predicted octanol–water partition coefficient (Wildman–Crippen LogP) is 3.98. The lowest BCUT2D eigenvalue weighted by Crippen LogP contribution is -2.53. The number of halogens is 7. The molecule has 0 aromatic rings. The molecule has 0 saturated heterocycles. The molecule has 0 aromatic heterocycles. The Hall–Kier alpha value is -0.660. The van der Waals surface area contributed by atoms with Crippen molar-refractivity contribution in [3.8, 4) is 0 Å². The fourth-order valence-corrected chi connectivity index (χ4v) is 2.11. The molecule has 2 nitrogen and oxygen atoms in total. The van der Waals surface area contributed by atoms with E-state index in [1.807, 2.05) is 0 Å². The van der Waals surface area contributed by atoms with Gasteiger partial charge in [0.2, 0.25) is 11.8 Å². The van der Waals surface area contributed by atoms with Gasteiger partial charge in [-0.15, -0.1) is 11.6 Å². The van der Waals surface area contributed by atoms with Gasteiger partial charge in [0.15, 0.2) is 0 Å². The van der Waals surface area contributed by atoms with Crippen LogP contribution in [0.15, 0.2) is 0 Å². The van der Waals surface area contributed by atoms with E-state index < -0.39 is 30.2 Å². The third-order valence-corrected chi connectivity index (χ3v) is 3.06. The molecule has 0 unspecified atom stereocenters. The maximum absolute atomic E-state index is 12.5. The maximum Gasteiger partial charge on any atom is 0.409 e. The van der Waals surface area contributed by atoms with E-state index >= 15 is 0 Å². The van der Waals surface area contributed by atoms with E-state index in [0.717, 1.165) is 0 Å². The highest BCUT2D eigenvalue weighted by Gasteiger charge is 2.62. The van der Waals surface area contributed by atoms with E-state index in [4.69, 9.17) is 11.6 Å². The normalized spacial score (nSPS) is 13.2. The number of rotatable bonds is 6. The van der Waals surface area contributed by atoms with Gasteiger partial charge in [0, 0.05) is 18.5 Å². The van der Waals surface area contributed by atoms with Crippen LogP contribution in [0.3, 0.4) is 0 Å². The van der Waals surface area contributed by atoms with Gasteiger partial charge in [0.25, 0.3) is 0 Å². The van der Waals surface area contributed by atoms with Gasteiger partial charge in [0.05, 0.1) is 0 Å². The lowest BCUT2D eigenvalue weighted by atomic mass is 10.0. The Morgan fingerprint density at radius 3 is 1.70 bits per heavy atom. The number of hydrogen-bond donors (Lipinski definition) is 0. The predicted molar refractivity (Wildman–Crippen MR) is 62.4 cm³/mol. The van der Waals surface area contributed by atoms with Crippen molar-refractivity contribution in [1.82, 2.24) is 4.90 Å². The summed E-state index contributed by atoms with van der Waals surface area (Å²) in [6.45, 7) is 2.81. The lowest BCUT2D eigenvalue weighted by Gasteiger charge is -2.34. The van der Waals surface area contributed by atoms with Crippen LogP contribution in [0, 0.1) is 5.92 Å². The molecule has 1 amide bonds. The molecule has 0 aliphatic heterocycles. The Labute approximate surface area is 118 Å². The van der Waals surface area contributed by atoms with E-state index in [1.165, 1.54) is 0 Å². The molecule has 0 saturated carbocycles. The topological polar surface area (TPSA) is 20.3 Å². The van der Waals surface area contributed by atoms with E-state index in [1.54, 1.807) is 13.8 Å². The fraction of sp³-hybridized carbons (Fsp3) is 0.909. The zero-order valence-electron chi connectivity index (χ0n) is 11.0. The quantitative estimate of drug-likeness (QED) is 0.534. The van der Waals surface area contributed by atoms with E-state index in [2.05, 4.69) is 0 Å². The summed E-state index contributed by atoms with van der Waals surface area (Å²) in [6.07, 6.45) is -10.8. The van der Waals surface area contributed by atoms with Crippen molar-refractivity contribution < 1.29 is 31.1 Å². The van der Waals surface area contributed by atoms with Crippen LogP contribution in [-0.4, -0.2) is 41.6 Å². The Balaban J connectivity index is 5.48. The van der Waals surface area contributed by atoms with Crippen molar-refractivity contribution >= 4 is 17.5 Å². The monoisotopic (exact) mass is 327 g/mol. The van der Waals surface area contributed by atoms with Crippen LogP contribution in [0.1, 0.15) is 26.7 Å². The zero-order valence-corrected chi connectivity index (χ0v) is 11.7. The average Bonchev–Trinajstić information content (AvgIpc) is 2.25. The molecule has 0 rings (SSSR count). The number of amides is 1. The second-order valence-electron chi connectivity index (χ2n) is 4.21. The number of carbonyl (C=O) groups is 1. The second kappa shape index (κ2) is 7.38. The highest BCUT2D eigenvalue weighted by Crippen LogP contribution is 2.40. The van der Waals surface area contributed by atoms with Crippen LogP contribution in [0.4, 0.5) is 26.3 Å². The van der Waals surface area contributed by atoms with Crippen LogP contribution in [0.2, 0.25) is 0 Å². The molecule has 0 radical (unpaired) electrons. The molecule has 0 fully saturated rings. The molecular formula is C11H16ClF6NO. The average molecular weight is 328 g/mol. The Bertz CT molecular complexity index is 299. The summed E-state index contributed by atoms with van der Waals surface area (Å²) in [4.78, 5) is 12.3. The SMILES string of the molecule is CCC(CC)N(CCCl)C(=O)C(C(F)(F)F)C(F)(F)F. The van der Waals surface area contributed by atoms with Crippen molar-refractivity contribution in [2.45, 2.75) is 45.1 Å². The third-order valence-electron chi connectivity index (χ3n) is 2.89. The number of carbonyl (C=O) groups excluding carboxylic acids is 1. The van der Waals surface area contributed by atoms with Gasteiger partial charge in [-0.25, -0.2) is 0 Å². The minimum Gasteiger partial charge on any atom is -0.338 e. The van der Waals surface area contributed by atoms with Crippen molar-refractivity contribution in [1.29, 1.82) is 0 Å². The van der Waals surface area contributed by atoms with Crippen molar-refractivity contribution in [3.63, 3.8) is 0 Å². The minimum atomic E-state index is -5.67. The maximum atomic E-state index is 12.5. The third kappa shape index (κ3) is 5.03. The summed E-state index contributed by atoms with van der Waals surface area (Å²) in [7, 11) is 0. The fourth-order valence-electron chi connectivity index (χ4n) is 1.92. The number of alkyl halides is 7. The summed E-state index contributed by atoms with van der Waals surface area (Å²) in [5.74, 6) is -6.22. The molecule has 120 valence electrons. The molecule has 20 heavy (non-hydrogen) atoms. The summed E-state index contributed by atoms with van der Waals surface area (Å²) in [6, 6.07) is -0.701. The molecular weight excluding hydrogens is 312 g/mol. The summed E-state index contributed by atoms with van der Waals surface area (Å²) < 4.78 is 75.2. The first-order valence-electron chi connectivity index (χ1n) is 6.00. The summed E-state index contributed by atoms with van der Waals surface area (Å²) in [5.41, 5.74) is 0. The van der Waals surface area contributed by atoms with Crippen molar-refractivity contribution in [2.75, 3.05) is 12.4 Å². The van der Waals surface area contributed by atoms with E-state index in [-0.39, 0.29) is 25.3 Å². The second-order valence-corrected chi connectivity index (χ2v) is 4.59. The molecule has 0 atom stereocenters. The standard InChI is InChI=1S/C11H16ClF6NO/c1-3-7(4-2)19(6-5-12)9(20)8(10(13,14)15)11(16,17)18/h7-8H,3-6H2,1-2H3. The van der Waals surface area contributed by atoms with Crippen LogP contribution in [0.25, 0.3) is 0 Å². The molecule has 9 heteroatoms. The molecule has 0 spiro atoms. The van der Waals surface area contributed by atoms with Crippen molar-refractivity contribution in [2.24, 2.45) is 5.92 Å². The van der Waals surface area contributed by atoms with Gasteiger partial charge in [-0.2, -0.15) is 26.3 Å². The van der Waals surface area contributed by atoms with Crippen LogP contribution in [0.5, 0.6) is 0 Å².